The van der Waals surface area contributed by atoms with Crippen molar-refractivity contribution >= 4 is 11.9 Å². The largest absolute Gasteiger partial charge is 0.497 e. The number of halogens is 1. The predicted octanol–water partition coefficient (Wildman–Crippen LogP) is 2.46. The Morgan fingerprint density at radius 2 is 1.85 bits per heavy atom. The molecule has 26 heavy (non-hydrogen) atoms. The number of esters is 1. The van der Waals surface area contributed by atoms with Gasteiger partial charge in [-0.1, -0.05) is 18.2 Å². The van der Waals surface area contributed by atoms with E-state index in [-0.39, 0.29) is 5.75 Å². The highest BCUT2D eigenvalue weighted by atomic mass is 19.1. The predicted molar refractivity (Wildman–Crippen MR) is 92.3 cm³/mol. The van der Waals surface area contributed by atoms with Gasteiger partial charge in [0, 0.05) is 12.6 Å². The highest BCUT2D eigenvalue weighted by Gasteiger charge is 2.18. The molecular weight excluding hydrogens is 341 g/mol. The first-order valence-corrected chi connectivity index (χ1v) is 7.96. The summed E-state index contributed by atoms with van der Waals surface area (Å²) >= 11 is 0. The first-order chi connectivity index (χ1) is 12.5. The number of hydrogen-bond acceptors (Lipinski definition) is 5. The lowest BCUT2D eigenvalue weighted by molar-refractivity contribution is -0.156. The van der Waals surface area contributed by atoms with Gasteiger partial charge in [-0.3, -0.25) is 4.79 Å². The van der Waals surface area contributed by atoms with E-state index >= 15 is 0 Å². The van der Waals surface area contributed by atoms with Crippen molar-refractivity contribution in [3.05, 3.63) is 59.9 Å². The molecule has 0 saturated carbocycles. The maximum absolute atomic E-state index is 13.0. The summed E-state index contributed by atoms with van der Waals surface area (Å²) in [7, 11) is 1.57. The minimum absolute atomic E-state index is 0.207. The Kier molecular flexibility index (Phi) is 6.96. The molecule has 1 amide bonds. The van der Waals surface area contributed by atoms with E-state index in [1.54, 1.807) is 19.2 Å². The summed E-state index contributed by atoms with van der Waals surface area (Å²) in [6, 6.07) is 12.6. The zero-order chi connectivity index (χ0) is 18.9. The number of nitrogens with one attached hydrogen (secondary N) is 1. The molecule has 0 bridgehead atoms. The molecule has 2 rings (SSSR count). The van der Waals surface area contributed by atoms with Gasteiger partial charge in [-0.25, -0.2) is 9.18 Å². The van der Waals surface area contributed by atoms with E-state index in [1.807, 2.05) is 12.1 Å². The van der Waals surface area contributed by atoms with E-state index in [1.165, 1.54) is 25.1 Å². The average molecular weight is 361 g/mol. The Morgan fingerprint density at radius 1 is 1.12 bits per heavy atom. The van der Waals surface area contributed by atoms with Crippen LogP contribution in [0.25, 0.3) is 0 Å². The molecule has 0 heterocycles. The Labute approximate surface area is 150 Å². The highest BCUT2D eigenvalue weighted by Crippen LogP contribution is 2.12. The molecule has 0 radical (unpaired) electrons. The molecule has 7 heteroatoms. The van der Waals surface area contributed by atoms with Gasteiger partial charge in [0.25, 0.3) is 5.91 Å². The van der Waals surface area contributed by atoms with E-state index in [2.05, 4.69) is 5.32 Å². The third-order valence-electron chi connectivity index (χ3n) is 3.46. The standard InChI is InChI=1S/C19H20FNO5/c1-13(19(23)21-11-14-6-8-16(24-2)9-7-14)26-18(22)12-25-17-5-3-4-15(20)10-17/h3-10,13H,11-12H2,1-2H3,(H,21,23)/t13-/m0/s1. The molecule has 0 aromatic heterocycles. The smallest absolute Gasteiger partial charge is 0.344 e. The topological polar surface area (TPSA) is 73.9 Å². The van der Waals surface area contributed by atoms with Gasteiger partial charge in [-0.2, -0.15) is 0 Å². The zero-order valence-corrected chi connectivity index (χ0v) is 14.5. The van der Waals surface area contributed by atoms with E-state index < -0.39 is 30.4 Å². The first kappa shape index (κ1) is 19.2. The summed E-state index contributed by atoms with van der Waals surface area (Å²) < 4.78 is 28.2. The number of methoxy groups -OCH3 is 1. The van der Waals surface area contributed by atoms with Crippen LogP contribution in [-0.4, -0.2) is 31.7 Å². The molecule has 1 atom stereocenters. The SMILES string of the molecule is COc1ccc(CNC(=O)[C@H](C)OC(=O)COc2cccc(F)c2)cc1. The number of hydrogen-bond donors (Lipinski definition) is 1. The van der Waals surface area contributed by atoms with Crippen LogP contribution in [0.2, 0.25) is 0 Å². The highest BCUT2D eigenvalue weighted by molar-refractivity contribution is 5.83. The maximum atomic E-state index is 13.0. The molecule has 2 aromatic rings. The van der Waals surface area contributed by atoms with E-state index in [9.17, 15) is 14.0 Å². The fourth-order valence-corrected chi connectivity index (χ4v) is 2.06. The van der Waals surface area contributed by atoms with E-state index in [4.69, 9.17) is 14.2 Å². The number of carbonyl (C=O) groups excluding carboxylic acids is 2. The fraction of sp³-hybridized carbons (Fsp3) is 0.263. The Hall–Kier alpha value is -3.09. The molecule has 0 aliphatic heterocycles. The molecule has 0 aliphatic rings. The van der Waals surface area contributed by atoms with Crippen LogP contribution in [-0.2, 0) is 20.9 Å². The Morgan fingerprint density at radius 3 is 2.50 bits per heavy atom. The van der Waals surface area contributed by atoms with Crippen molar-refractivity contribution in [1.82, 2.24) is 5.32 Å². The zero-order valence-electron chi connectivity index (χ0n) is 14.5. The minimum Gasteiger partial charge on any atom is -0.497 e. The van der Waals surface area contributed by atoms with Crippen LogP contribution in [0.5, 0.6) is 11.5 Å². The van der Waals surface area contributed by atoms with Crippen molar-refractivity contribution < 1.29 is 28.2 Å². The number of carbonyl (C=O) groups is 2. The summed E-state index contributed by atoms with van der Waals surface area (Å²) in [5, 5.41) is 2.68. The van der Waals surface area contributed by atoms with Crippen molar-refractivity contribution in [2.24, 2.45) is 0 Å². The van der Waals surface area contributed by atoms with Gasteiger partial charge in [-0.05, 0) is 36.8 Å². The van der Waals surface area contributed by atoms with Crippen molar-refractivity contribution in [1.29, 1.82) is 0 Å². The van der Waals surface area contributed by atoms with Gasteiger partial charge >= 0.3 is 5.97 Å². The lowest BCUT2D eigenvalue weighted by Gasteiger charge is -2.14. The summed E-state index contributed by atoms with van der Waals surface area (Å²) in [5.74, 6) is -0.692. The molecule has 1 N–H and O–H groups in total. The minimum atomic E-state index is -0.975. The van der Waals surface area contributed by atoms with Crippen LogP contribution >= 0.6 is 0 Å². The number of ether oxygens (including phenoxy) is 3. The van der Waals surface area contributed by atoms with Crippen LogP contribution in [0, 0.1) is 5.82 Å². The van der Waals surface area contributed by atoms with Crippen LogP contribution in [0.1, 0.15) is 12.5 Å². The van der Waals surface area contributed by atoms with Crippen molar-refractivity contribution in [2.75, 3.05) is 13.7 Å². The van der Waals surface area contributed by atoms with Gasteiger partial charge in [0.15, 0.2) is 12.7 Å². The summed E-state index contributed by atoms with van der Waals surface area (Å²) in [4.78, 5) is 23.7. The second-order valence-electron chi connectivity index (χ2n) is 5.44. The lowest BCUT2D eigenvalue weighted by atomic mass is 10.2. The number of amides is 1. The molecule has 0 saturated heterocycles. The lowest BCUT2D eigenvalue weighted by Crippen LogP contribution is -2.36. The van der Waals surface area contributed by atoms with E-state index in [0.29, 0.717) is 6.54 Å². The summed E-state index contributed by atoms with van der Waals surface area (Å²) in [6.45, 7) is 1.34. The van der Waals surface area contributed by atoms with Crippen molar-refractivity contribution in [2.45, 2.75) is 19.6 Å². The molecule has 2 aromatic carbocycles. The van der Waals surface area contributed by atoms with Crippen molar-refractivity contribution in [3.8, 4) is 11.5 Å². The van der Waals surface area contributed by atoms with Gasteiger partial charge in [0.1, 0.15) is 17.3 Å². The van der Waals surface area contributed by atoms with Crippen LogP contribution in [0.15, 0.2) is 48.5 Å². The van der Waals surface area contributed by atoms with Gasteiger partial charge in [0.2, 0.25) is 0 Å². The number of rotatable bonds is 8. The number of benzene rings is 2. The first-order valence-electron chi connectivity index (χ1n) is 7.96. The molecule has 0 aliphatic carbocycles. The Bertz CT molecular complexity index is 748. The molecule has 0 spiro atoms. The molecule has 6 nitrogen and oxygen atoms in total. The second kappa shape index (κ2) is 9.41. The maximum Gasteiger partial charge on any atom is 0.344 e. The van der Waals surface area contributed by atoms with Crippen molar-refractivity contribution in [3.63, 3.8) is 0 Å². The molecule has 138 valence electrons. The summed E-state index contributed by atoms with van der Waals surface area (Å²) in [6.07, 6.45) is -0.975. The normalized spacial score (nSPS) is 11.3. The second-order valence-corrected chi connectivity index (χ2v) is 5.44. The molecular formula is C19H20FNO5. The molecule has 0 fully saturated rings. The van der Waals surface area contributed by atoms with Crippen LogP contribution < -0.4 is 14.8 Å². The third-order valence-corrected chi connectivity index (χ3v) is 3.46. The van der Waals surface area contributed by atoms with Gasteiger partial charge in [-0.15, -0.1) is 0 Å². The monoisotopic (exact) mass is 361 g/mol. The average Bonchev–Trinajstić information content (AvgIpc) is 2.65. The van der Waals surface area contributed by atoms with Crippen LogP contribution in [0.4, 0.5) is 4.39 Å². The Balaban J connectivity index is 1.73. The van der Waals surface area contributed by atoms with Gasteiger partial charge in [0.05, 0.1) is 7.11 Å². The quantitative estimate of drug-likeness (QED) is 0.731. The molecule has 0 unspecified atom stereocenters. The third kappa shape index (κ3) is 6.08. The fourth-order valence-electron chi connectivity index (χ4n) is 2.06. The summed E-state index contributed by atoms with van der Waals surface area (Å²) in [5.41, 5.74) is 0.882. The van der Waals surface area contributed by atoms with Gasteiger partial charge < -0.3 is 19.5 Å². The van der Waals surface area contributed by atoms with Crippen LogP contribution in [0.3, 0.4) is 0 Å². The van der Waals surface area contributed by atoms with E-state index in [0.717, 1.165) is 17.4 Å².